The first-order chi connectivity index (χ1) is 7.93. The second kappa shape index (κ2) is 4.17. The molecular formula is C15H20O2. The van der Waals surface area contributed by atoms with Crippen LogP contribution in [0.1, 0.15) is 44.5 Å². The van der Waals surface area contributed by atoms with Gasteiger partial charge in [0.05, 0.1) is 5.56 Å². The van der Waals surface area contributed by atoms with Crippen molar-refractivity contribution < 1.29 is 9.53 Å². The van der Waals surface area contributed by atoms with E-state index >= 15 is 0 Å². The van der Waals surface area contributed by atoms with Crippen LogP contribution in [0.15, 0.2) is 24.3 Å². The van der Waals surface area contributed by atoms with Crippen LogP contribution in [0.25, 0.3) is 0 Å². The molecule has 0 aliphatic carbocycles. The van der Waals surface area contributed by atoms with E-state index in [-0.39, 0.29) is 17.3 Å². The van der Waals surface area contributed by atoms with Gasteiger partial charge in [0.1, 0.15) is 11.9 Å². The van der Waals surface area contributed by atoms with Gasteiger partial charge in [0.25, 0.3) is 0 Å². The smallest absolute Gasteiger partial charge is 0.170 e. The van der Waals surface area contributed by atoms with Gasteiger partial charge in [-0.1, -0.05) is 39.8 Å². The highest BCUT2D eigenvalue weighted by molar-refractivity contribution is 5.99. The topological polar surface area (TPSA) is 26.3 Å². The van der Waals surface area contributed by atoms with Crippen LogP contribution in [0.2, 0.25) is 0 Å². The summed E-state index contributed by atoms with van der Waals surface area (Å²) in [5, 5.41) is 0. The Morgan fingerprint density at radius 1 is 1.29 bits per heavy atom. The quantitative estimate of drug-likeness (QED) is 0.777. The molecule has 2 heteroatoms. The Balaban J connectivity index is 2.32. The van der Waals surface area contributed by atoms with Crippen molar-refractivity contribution in [3.8, 4) is 5.75 Å². The maximum atomic E-state index is 12.1. The van der Waals surface area contributed by atoms with Crippen molar-refractivity contribution in [1.82, 2.24) is 0 Å². The molecule has 1 atom stereocenters. The summed E-state index contributed by atoms with van der Waals surface area (Å²) in [5.41, 5.74) is 0.728. The molecule has 2 nitrogen and oxygen atoms in total. The average molecular weight is 232 g/mol. The van der Waals surface area contributed by atoms with Gasteiger partial charge in [0.15, 0.2) is 5.78 Å². The largest absolute Gasteiger partial charge is 0.489 e. The average Bonchev–Trinajstić information content (AvgIpc) is 2.28. The number of ether oxygens (including phenoxy) is 1. The van der Waals surface area contributed by atoms with E-state index in [1.54, 1.807) is 0 Å². The van der Waals surface area contributed by atoms with Gasteiger partial charge in [-0.05, 0) is 18.1 Å². The Kier molecular flexibility index (Phi) is 2.98. The molecule has 0 spiro atoms. The summed E-state index contributed by atoms with van der Waals surface area (Å²) < 4.78 is 6.01. The van der Waals surface area contributed by atoms with Gasteiger partial charge in [-0.3, -0.25) is 4.79 Å². The van der Waals surface area contributed by atoms with Gasteiger partial charge < -0.3 is 4.74 Å². The lowest BCUT2D eigenvalue weighted by Crippen LogP contribution is -2.42. The number of ketones is 1. The highest BCUT2D eigenvalue weighted by atomic mass is 16.5. The lowest BCUT2D eigenvalue weighted by molar-refractivity contribution is 0.0228. The molecule has 1 aromatic rings. The zero-order valence-corrected chi connectivity index (χ0v) is 11.0. The van der Waals surface area contributed by atoms with Crippen LogP contribution < -0.4 is 4.74 Å². The summed E-state index contributed by atoms with van der Waals surface area (Å²) in [6.45, 7) is 8.69. The summed E-state index contributed by atoms with van der Waals surface area (Å²) in [4.78, 5) is 12.1. The minimum absolute atomic E-state index is 0.00317. The molecule has 0 saturated heterocycles. The predicted molar refractivity (Wildman–Crippen MR) is 68.4 cm³/mol. The van der Waals surface area contributed by atoms with Crippen LogP contribution in [0.4, 0.5) is 0 Å². The van der Waals surface area contributed by atoms with E-state index < -0.39 is 0 Å². The van der Waals surface area contributed by atoms with Gasteiger partial charge in [0.2, 0.25) is 0 Å². The number of benzene rings is 1. The standard InChI is InChI=1S/C15H20O2/c1-10(2)15(3,4)14-9-12(16)11-7-5-6-8-13(11)17-14/h5-8,10,14H,9H2,1-4H3. The SMILES string of the molecule is CC(C)C(C)(C)C1CC(=O)c2ccccc2O1. The molecule has 92 valence electrons. The molecule has 2 rings (SSSR count). The fourth-order valence-electron chi connectivity index (χ4n) is 2.06. The summed E-state index contributed by atoms with van der Waals surface area (Å²) in [6.07, 6.45) is 0.465. The van der Waals surface area contributed by atoms with Crippen molar-refractivity contribution in [2.45, 2.75) is 40.2 Å². The maximum Gasteiger partial charge on any atom is 0.170 e. The Morgan fingerprint density at radius 2 is 1.94 bits per heavy atom. The predicted octanol–water partition coefficient (Wildman–Crippen LogP) is 3.70. The van der Waals surface area contributed by atoms with Crippen molar-refractivity contribution in [3.05, 3.63) is 29.8 Å². The van der Waals surface area contributed by atoms with Crippen molar-refractivity contribution in [1.29, 1.82) is 0 Å². The Morgan fingerprint density at radius 3 is 2.59 bits per heavy atom. The molecule has 17 heavy (non-hydrogen) atoms. The van der Waals surface area contributed by atoms with Crippen LogP contribution in [0.5, 0.6) is 5.75 Å². The van der Waals surface area contributed by atoms with Crippen LogP contribution in [0.3, 0.4) is 0 Å². The lowest BCUT2D eigenvalue weighted by Gasteiger charge is -2.40. The van der Waals surface area contributed by atoms with Crippen molar-refractivity contribution in [3.63, 3.8) is 0 Å². The van der Waals surface area contributed by atoms with Crippen LogP contribution in [-0.2, 0) is 0 Å². The van der Waals surface area contributed by atoms with Crippen LogP contribution in [-0.4, -0.2) is 11.9 Å². The number of rotatable bonds is 2. The first kappa shape index (κ1) is 12.2. The minimum atomic E-state index is -0.0232. The molecular weight excluding hydrogens is 212 g/mol. The summed E-state index contributed by atoms with van der Waals surface area (Å²) in [7, 11) is 0. The minimum Gasteiger partial charge on any atom is -0.489 e. The molecule has 1 heterocycles. The number of hydrogen-bond donors (Lipinski definition) is 0. The third kappa shape index (κ3) is 2.08. The Labute approximate surface area is 103 Å². The first-order valence-corrected chi connectivity index (χ1v) is 6.22. The number of carbonyl (C=O) groups is 1. The third-order valence-electron chi connectivity index (χ3n) is 4.15. The van der Waals surface area contributed by atoms with Gasteiger partial charge in [-0.2, -0.15) is 0 Å². The van der Waals surface area contributed by atoms with Crippen molar-refractivity contribution >= 4 is 5.78 Å². The molecule has 0 aromatic heterocycles. The van der Waals surface area contributed by atoms with E-state index in [0.717, 1.165) is 11.3 Å². The number of para-hydroxylation sites is 1. The zero-order chi connectivity index (χ0) is 12.6. The molecule has 0 saturated carbocycles. The van der Waals surface area contributed by atoms with E-state index in [4.69, 9.17) is 4.74 Å². The number of hydrogen-bond acceptors (Lipinski definition) is 2. The fourth-order valence-corrected chi connectivity index (χ4v) is 2.06. The monoisotopic (exact) mass is 232 g/mol. The van der Waals surface area contributed by atoms with E-state index in [0.29, 0.717) is 12.3 Å². The van der Waals surface area contributed by atoms with Gasteiger partial charge >= 0.3 is 0 Å². The summed E-state index contributed by atoms with van der Waals surface area (Å²) in [6, 6.07) is 7.52. The van der Waals surface area contributed by atoms with Crippen molar-refractivity contribution in [2.75, 3.05) is 0 Å². The summed E-state index contributed by atoms with van der Waals surface area (Å²) in [5.74, 6) is 1.42. The van der Waals surface area contributed by atoms with Gasteiger partial charge in [0, 0.05) is 11.8 Å². The number of Topliss-reactive ketones (excluding diaryl/α,β-unsaturated/α-hetero) is 1. The lowest BCUT2D eigenvalue weighted by atomic mass is 9.73. The normalized spacial score (nSPS) is 20.1. The fraction of sp³-hybridized carbons (Fsp3) is 0.533. The third-order valence-corrected chi connectivity index (χ3v) is 4.15. The summed E-state index contributed by atoms with van der Waals surface area (Å²) >= 11 is 0. The molecule has 0 bridgehead atoms. The highest BCUT2D eigenvalue weighted by Crippen LogP contribution is 2.39. The molecule has 0 radical (unpaired) electrons. The Bertz CT molecular complexity index is 432. The molecule has 1 aliphatic rings. The van der Waals surface area contributed by atoms with Crippen molar-refractivity contribution in [2.24, 2.45) is 11.3 Å². The molecule has 1 aromatic carbocycles. The number of fused-ring (bicyclic) bond motifs is 1. The molecule has 0 N–H and O–H groups in total. The number of carbonyl (C=O) groups excluding carboxylic acids is 1. The highest BCUT2D eigenvalue weighted by Gasteiger charge is 2.39. The molecule has 1 aliphatic heterocycles. The van der Waals surface area contributed by atoms with Crippen LogP contribution in [0, 0.1) is 11.3 Å². The molecule has 0 amide bonds. The van der Waals surface area contributed by atoms with E-state index in [9.17, 15) is 4.79 Å². The second-order valence-corrected chi connectivity index (χ2v) is 5.71. The Hall–Kier alpha value is -1.31. The van der Waals surface area contributed by atoms with Gasteiger partial charge in [-0.15, -0.1) is 0 Å². The second-order valence-electron chi connectivity index (χ2n) is 5.71. The zero-order valence-electron chi connectivity index (χ0n) is 11.0. The van der Waals surface area contributed by atoms with E-state index in [1.807, 2.05) is 24.3 Å². The maximum absolute atomic E-state index is 12.1. The van der Waals surface area contributed by atoms with E-state index in [1.165, 1.54) is 0 Å². The first-order valence-electron chi connectivity index (χ1n) is 6.22. The van der Waals surface area contributed by atoms with Crippen LogP contribution >= 0.6 is 0 Å². The molecule has 1 unspecified atom stereocenters. The molecule has 0 fully saturated rings. The van der Waals surface area contributed by atoms with Gasteiger partial charge in [-0.25, -0.2) is 0 Å². The van der Waals surface area contributed by atoms with E-state index in [2.05, 4.69) is 27.7 Å².